The van der Waals surface area contributed by atoms with Crippen LogP contribution in [0, 0.1) is 5.82 Å². The van der Waals surface area contributed by atoms with E-state index < -0.39 is 38.8 Å². The lowest BCUT2D eigenvalue weighted by Gasteiger charge is -2.19. The molecule has 2 aromatic rings. The van der Waals surface area contributed by atoms with Gasteiger partial charge in [-0.25, -0.2) is 4.39 Å². The quantitative estimate of drug-likeness (QED) is 0.298. The second-order valence-electron chi connectivity index (χ2n) is 7.09. The molecule has 0 aliphatic heterocycles. The summed E-state index contributed by atoms with van der Waals surface area (Å²) < 4.78 is 82.1. The highest BCUT2D eigenvalue weighted by molar-refractivity contribution is 7.88. The van der Waals surface area contributed by atoms with Gasteiger partial charge in [0.1, 0.15) is 5.60 Å². The largest absolute Gasteiger partial charge is 0.534 e. The molecule has 2 rings (SSSR count). The fourth-order valence-corrected chi connectivity index (χ4v) is 2.74. The Bertz CT molecular complexity index is 991. The molecule has 2 aromatic carbocycles. The SMILES string of the molecule is CC(C)(C)OC(=O)Cc1ccc(-c2ccc(OS(=O)(=O)C(F)(F)F)c(F)c2)cc1. The third kappa shape index (κ3) is 6.18. The van der Waals surface area contributed by atoms with Gasteiger partial charge in [0.2, 0.25) is 0 Å². The van der Waals surface area contributed by atoms with E-state index >= 15 is 0 Å². The summed E-state index contributed by atoms with van der Waals surface area (Å²) in [5, 5.41) is 0. The number of benzene rings is 2. The molecule has 0 radical (unpaired) electrons. The Hall–Kier alpha value is -2.62. The van der Waals surface area contributed by atoms with Crippen molar-refractivity contribution in [2.24, 2.45) is 0 Å². The molecule has 0 amide bonds. The number of alkyl halides is 3. The first-order chi connectivity index (χ1) is 13.2. The zero-order valence-electron chi connectivity index (χ0n) is 15.7. The van der Waals surface area contributed by atoms with Crippen molar-refractivity contribution in [3.63, 3.8) is 0 Å². The zero-order valence-corrected chi connectivity index (χ0v) is 16.5. The number of hydrogen-bond donors (Lipinski definition) is 0. The average Bonchev–Trinajstić information content (AvgIpc) is 2.54. The van der Waals surface area contributed by atoms with Crippen LogP contribution in [0.1, 0.15) is 26.3 Å². The molecule has 0 N–H and O–H groups in total. The number of rotatable bonds is 5. The normalized spacial score (nSPS) is 12.5. The minimum absolute atomic E-state index is 0.0357. The molecule has 5 nitrogen and oxygen atoms in total. The standard InChI is InChI=1S/C19H18F4O5S/c1-18(2,3)27-17(24)10-12-4-6-13(7-5-12)14-8-9-16(15(20)11-14)28-29(25,26)19(21,22)23/h4-9,11H,10H2,1-3H3. The van der Waals surface area contributed by atoms with Crippen LogP contribution in [0.15, 0.2) is 42.5 Å². The summed E-state index contributed by atoms with van der Waals surface area (Å²) in [6.45, 7) is 5.24. The predicted molar refractivity (Wildman–Crippen MR) is 97.0 cm³/mol. The first kappa shape index (κ1) is 22.7. The molecule has 0 spiro atoms. The molecule has 0 aliphatic carbocycles. The first-order valence-corrected chi connectivity index (χ1v) is 9.70. The third-order valence-corrected chi connectivity index (χ3v) is 4.44. The lowest BCUT2D eigenvalue weighted by atomic mass is 10.0. The Morgan fingerprint density at radius 3 is 2.00 bits per heavy atom. The summed E-state index contributed by atoms with van der Waals surface area (Å²) in [4.78, 5) is 11.8. The number of halogens is 4. The molecule has 0 atom stereocenters. The summed E-state index contributed by atoms with van der Waals surface area (Å²) in [6, 6.07) is 9.27. The van der Waals surface area contributed by atoms with Crippen molar-refractivity contribution in [2.75, 3.05) is 0 Å². The van der Waals surface area contributed by atoms with Crippen molar-refractivity contribution in [1.82, 2.24) is 0 Å². The Labute approximate surface area is 165 Å². The number of carbonyl (C=O) groups is 1. The summed E-state index contributed by atoms with van der Waals surface area (Å²) in [5.41, 5.74) is -4.84. The average molecular weight is 434 g/mol. The second kappa shape index (κ2) is 8.02. The highest BCUT2D eigenvalue weighted by Crippen LogP contribution is 2.31. The Kier molecular flexibility index (Phi) is 6.27. The summed E-state index contributed by atoms with van der Waals surface area (Å²) in [6.07, 6.45) is 0.0357. The Morgan fingerprint density at radius 1 is 0.966 bits per heavy atom. The van der Waals surface area contributed by atoms with Gasteiger partial charge in [-0.1, -0.05) is 30.3 Å². The Morgan fingerprint density at radius 2 is 1.52 bits per heavy atom. The summed E-state index contributed by atoms with van der Waals surface area (Å²) in [5.74, 6) is -2.75. The zero-order chi connectivity index (χ0) is 22.0. The molecule has 0 aliphatic rings. The van der Waals surface area contributed by atoms with E-state index in [2.05, 4.69) is 4.18 Å². The molecule has 0 aromatic heterocycles. The topological polar surface area (TPSA) is 69.7 Å². The molecular formula is C19H18F4O5S. The lowest BCUT2D eigenvalue weighted by Crippen LogP contribution is -2.28. The molecule has 158 valence electrons. The van der Waals surface area contributed by atoms with Gasteiger partial charge in [-0.3, -0.25) is 4.79 Å². The van der Waals surface area contributed by atoms with E-state index in [0.29, 0.717) is 11.1 Å². The highest BCUT2D eigenvalue weighted by atomic mass is 32.2. The Balaban J connectivity index is 2.16. The van der Waals surface area contributed by atoms with Gasteiger partial charge in [0.15, 0.2) is 11.6 Å². The maximum Gasteiger partial charge on any atom is 0.534 e. The van der Waals surface area contributed by atoms with Crippen LogP contribution in [0.4, 0.5) is 17.6 Å². The van der Waals surface area contributed by atoms with Crippen LogP contribution in [-0.4, -0.2) is 25.5 Å². The minimum atomic E-state index is -5.96. The molecule has 0 saturated heterocycles. The van der Waals surface area contributed by atoms with E-state index in [0.717, 1.165) is 12.1 Å². The van der Waals surface area contributed by atoms with E-state index in [1.165, 1.54) is 6.07 Å². The molecule has 0 saturated carbocycles. The van der Waals surface area contributed by atoms with Gasteiger partial charge in [-0.05, 0) is 49.6 Å². The molecular weight excluding hydrogens is 416 g/mol. The lowest BCUT2D eigenvalue weighted by molar-refractivity contribution is -0.153. The van der Waals surface area contributed by atoms with Gasteiger partial charge < -0.3 is 8.92 Å². The number of ether oxygens (including phenoxy) is 1. The second-order valence-corrected chi connectivity index (χ2v) is 8.63. The fourth-order valence-electron chi connectivity index (χ4n) is 2.27. The van der Waals surface area contributed by atoms with Crippen LogP contribution in [-0.2, 0) is 26.1 Å². The van der Waals surface area contributed by atoms with Crippen LogP contribution < -0.4 is 4.18 Å². The number of carbonyl (C=O) groups excluding carboxylic acids is 1. The first-order valence-electron chi connectivity index (χ1n) is 8.29. The maximum absolute atomic E-state index is 14.0. The smallest absolute Gasteiger partial charge is 0.460 e. The molecule has 10 heteroatoms. The molecule has 0 fully saturated rings. The van der Waals surface area contributed by atoms with Crippen LogP contribution in [0.2, 0.25) is 0 Å². The third-order valence-electron chi connectivity index (χ3n) is 3.47. The van der Waals surface area contributed by atoms with Gasteiger partial charge in [-0.2, -0.15) is 21.6 Å². The highest BCUT2D eigenvalue weighted by Gasteiger charge is 2.48. The van der Waals surface area contributed by atoms with Crippen molar-refractivity contribution in [3.8, 4) is 16.9 Å². The van der Waals surface area contributed by atoms with Crippen molar-refractivity contribution in [2.45, 2.75) is 38.3 Å². The van der Waals surface area contributed by atoms with Gasteiger partial charge in [0.05, 0.1) is 6.42 Å². The van der Waals surface area contributed by atoms with Gasteiger partial charge >= 0.3 is 21.6 Å². The van der Waals surface area contributed by atoms with Crippen LogP contribution in [0.5, 0.6) is 5.75 Å². The molecule has 0 unspecified atom stereocenters. The monoisotopic (exact) mass is 434 g/mol. The van der Waals surface area contributed by atoms with E-state index in [9.17, 15) is 30.8 Å². The molecule has 0 heterocycles. The van der Waals surface area contributed by atoms with Crippen LogP contribution in [0.3, 0.4) is 0 Å². The van der Waals surface area contributed by atoms with E-state index in [4.69, 9.17) is 4.74 Å². The van der Waals surface area contributed by atoms with Gasteiger partial charge in [0.25, 0.3) is 0 Å². The van der Waals surface area contributed by atoms with Crippen molar-refractivity contribution >= 4 is 16.1 Å². The van der Waals surface area contributed by atoms with Crippen molar-refractivity contribution in [1.29, 1.82) is 0 Å². The number of hydrogen-bond acceptors (Lipinski definition) is 5. The van der Waals surface area contributed by atoms with Crippen LogP contribution in [0.25, 0.3) is 11.1 Å². The van der Waals surface area contributed by atoms with Crippen molar-refractivity contribution < 1.29 is 39.7 Å². The van der Waals surface area contributed by atoms with Gasteiger partial charge in [-0.15, -0.1) is 0 Å². The van der Waals surface area contributed by atoms with E-state index in [-0.39, 0.29) is 12.0 Å². The van der Waals surface area contributed by atoms with E-state index in [1.807, 2.05) is 0 Å². The number of esters is 1. The molecule has 29 heavy (non-hydrogen) atoms. The summed E-state index contributed by atoms with van der Waals surface area (Å²) >= 11 is 0. The summed E-state index contributed by atoms with van der Waals surface area (Å²) in [7, 11) is -5.96. The van der Waals surface area contributed by atoms with Gasteiger partial charge in [0, 0.05) is 0 Å². The maximum atomic E-state index is 14.0. The predicted octanol–water partition coefficient (Wildman–Crippen LogP) is 4.61. The van der Waals surface area contributed by atoms with Crippen LogP contribution >= 0.6 is 0 Å². The minimum Gasteiger partial charge on any atom is -0.460 e. The van der Waals surface area contributed by atoms with E-state index in [1.54, 1.807) is 45.0 Å². The molecule has 0 bridgehead atoms. The van der Waals surface area contributed by atoms with Crippen molar-refractivity contribution in [3.05, 3.63) is 53.8 Å². The fraction of sp³-hybridized carbons (Fsp3) is 0.316.